The first-order chi connectivity index (χ1) is 13.2. The maximum Gasteiger partial charge on any atom is 0.416 e. The van der Waals surface area contributed by atoms with Gasteiger partial charge in [0.15, 0.2) is 0 Å². The molecule has 28 heavy (non-hydrogen) atoms. The van der Waals surface area contributed by atoms with E-state index in [2.05, 4.69) is 4.98 Å². The number of benzene rings is 2. The third kappa shape index (κ3) is 3.30. The van der Waals surface area contributed by atoms with Crippen LogP contribution in [0.1, 0.15) is 22.9 Å². The zero-order valence-electron chi connectivity index (χ0n) is 15.3. The molecule has 0 radical (unpaired) electrons. The van der Waals surface area contributed by atoms with E-state index in [1.54, 1.807) is 17.9 Å². The van der Waals surface area contributed by atoms with E-state index in [4.69, 9.17) is 0 Å². The molecule has 4 rings (SSSR count). The molecule has 0 N–H and O–H groups in total. The van der Waals surface area contributed by atoms with Gasteiger partial charge in [-0.15, -0.1) is 11.3 Å². The summed E-state index contributed by atoms with van der Waals surface area (Å²) in [5, 5.41) is 0.560. The Morgan fingerprint density at radius 2 is 1.93 bits per heavy atom. The fourth-order valence-corrected chi connectivity index (χ4v) is 4.42. The maximum absolute atomic E-state index is 13.0. The minimum Gasteiger partial charge on any atom is -0.312 e. The quantitative estimate of drug-likeness (QED) is 0.550. The summed E-state index contributed by atoms with van der Waals surface area (Å²) >= 11 is 1.38. The highest BCUT2D eigenvalue weighted by atomic mass is 32.1. The number of carbonyl (C=O) groups excluding carboxylic acids is 1. The van der Waals surface area contributed by atoms with Crippen molar-refractivity contribution in [3.05, 3.63) is 58.5 Å². The maximum atomic E-state index is 13.0. The van der Waals surface area contributed by atoms with Gasteiger partial charge in [-0.3, -0.25) is 4.79 Å². The van der Waals surface area contributed by atoms with Crippen LogP contribution >= 0.6 is 11.3 Å². The lowest BCUT2D eigenvalue weighted by Crippen LogP contribution is -2.25. The predicted octanol–water partition coefficient (Wildman–Crippen LogP) is 5.71. The minimum atomic E-state index is -4.38. The van der Waals surface area contributed by atoms with Crippen LogP contribution in [0.15, 0.2) is 42.5 Å². The van der Waals surface area contributed by atoms with Gasteiger partial charge in [-0.05, 0) is 43.2 Å². The standard InChI is InChI=1S/C21H17F3N2OS/c1-12-19(15-6-7-18-14(10-15)8-9-26(18)13(2)27)25-20(28-12)16-4-3-5-17(11-16)21(22,23)24/h3-7,10-11H,8-9H2,1-2H3. The average Bonchev–Trinajstić information content (AvgIpc) is 3.24. The summed E-state index contributed by atoms with van der Waals surface area (Å²) < 4.78 is 39.0. The first-order valence-corrected chi connectivity index (χ1v) is 9.62. The normalized spacial score (nSPS) is 13.7. The molecule has 7 heteroatoms. The number of amides is 1. The predicted molar refractivity (Wildman–Crippen MR) is 104 cm³/mol. The van der Waals surface area contributed by atoms with Gasteiger partial charge in [0.1, 0.15) is 5.01 Å². The van der Waals surface area contributed by atoms with E-state index in [1.807, 2.05) is 25.1 Å². The summed E-state index contributed by atoms with van der Waals surface area (Å²) in [5.41, 5.74) is 3.46. The van der Waals surface area contributed by atoms with E-state index in [9.17, 15) is 18.0 Å². The van der Waals surface area contributed by atoms with E-state index in [0.29, 0.717) is 17.1 Å². The van der Waals surface area contributed by atoms with Crippen molar-refractivity contribution in [1.29, 1.82) is 0 Å². The topological polar surface area (TPSA) is 33.2 Å². The Bertz CT molecular complexity index is 1070. The van der Waals surface area contributed by atoms with Crippen LogP contribution in [-0.2, 0) is 17.4 Å². The van der Waals surface area contributed by atoms with Gasteiger partial charge in [0.05, 0.1) is 11.3 Å². The molecule has 1 aliphatic rings. The molecule has 3 nitrogen and oxygen atoms in total. The number of thiazole rings is 1. The lowest BCUT2D eigenvalue weighted by Gasteiger charge is -2.14. The minimum absolute atomic E-state index is 0.0168. The molecular weight excluding hydrogens is 385 g/mol. The van der Waals surface area contributed by atoms with Gasteiger partial charge >= 0.3 is 6.18 Å². The summed E-state index contributed by atoms with van der Waals surface area (Å²) in [6, 6.07) is 11.1. The largest absolute Gasteiger partial charge is 0.416 e. The Morgan fingerprint density at radius 3 is 2.64 bits per heavy atom. The van der Waals surface area contributed by atoms with Crippen LogP contribution in [-0.4, -0.2) is 17.4 Å². The average molecular weight is 402 g/mol. The van der Waals surface area contributed by atoms with Crippen LogP contribution in [0.5, 0.6) is 0 Å². The smallest absolute Gasteiger partial charge is 0.312 e. The summed E-state index contributed by atoms with van der Waals surface area (Å²) in [7, 11) is 0. The molecule has 1 aromatic heterocycles. The number of alkyl halides is 3. The summed E-state index contributed by atoms with van der Waals surface area (Å²) in [5.74, 6) is 0.0168. The van der Waals surface area contributed by atoms with Gasteiger partial charge in [0.2, 0.25) is 5.91 Å². The number of aromatic nitrogens is 1. The molecule has 0 atom stereocenters. The van der Waals surface area contributed by atoms with E-state index >= 15 is 0 Å². The lowest BCUT2D eigenvalue weighted by atomic mass is 10.1. The van der Waals surface area contributed by atoms with Crippen LogP contribution in [0.2, 0.25) is 0 Å². The highest BCUT2D eigenvalue weighted by Gasteiger charge is 2.30. The number of rotatable bonds is 2. The Hall–Kier alpha value is -2.67. The number of carbonyl (C=O) groups is 1. The first kappa shape index (κ1) is 18.7. The highest BCUT2D eigenvalue weighted by Crippen LogP contribution is 2.38. The molecule has 1 amide bonds. The molecule has 0 unspecified atom stereocenters. The number of nitrogens with zero attached hydrogens (tertiary/aromatic N) is 2. The number of hydrogen-bond acceptors (Lipinski definition) is 3. The summed E-state index contributed by atoms with van der Waals surface area (Å²) in [6.45, 7) is 4.13. The Kier molecular flexibility index (Phi) is 4.50. The van der Waals surface area contributed by atoms with Gasteiger partial charge in [-0.2, -0.15) is 13.2 Å². The van der Waals surface area contributed by atoms with Crippen molar-refractivity contribution >= 4 is 22.9 Å². The molecule has 2 aromatic carbocycles. The number of hydrogen-bond donors (Lipinski definition) is 0. The van der Waals surface area contributed by atoms with Crippen molar-refractivity contribution in [1.82, 2.24) is 4.98 Å². The molecule has 0 spiro atoms. The van der Waals surface area contributed by atoms with Crippen molar-refractivity contribution in [3.8, 4) is 21.8 Å². The van der Waals surface area contributed by atoms with Gasteiger partial charge in [-0.1, -0.05) is 18.2 Å². The van der Waals surface area contributed by atoms with Crippen molar-refractivity contribution in [2.24, 2.45) is 0 Å². The van der Waals surface area contributed by atoms with Gasteiger partial charge in [0.25, 0.3) is 0 Å². The third-order valence-corrected chi connectivity index (χ3v) is 5.88. The van der Waals surface area contributed by atoms with E-state index in [-0.39, 0.29) is 5.91 Å². The zero-order valence-corrected chi connectivity index (χ0v) is 16.1. The molecule has 0 saturated carbocycles. The molecule has 144 valence electrons. The fraction of sp³-hybridized carbons (Fsp3) is 0.238. The second kappa shape index (κ2) is 6.74. The highest BCUT2D eigenvalue weighted by molar-refractivity contribution is 7.15. The second-order valence-electron chi connectivity index (χ2n) is 6.77. The van der Waals surface area contributed by atoms with Gasteiger partial charge in [0, 0.05) is 35.2 Å². The van der Waals surface area contributed by atoms with Gasteiger partial charge < -0.3 is 4.90 Å². The monoisotopic (exact) mass is 402 g/mol. The van der Waals surface area contributed by atoms with E-state index < -0.39 is 11.7 Å². The van der Waals surface area contributed by atoms with Crippen LogP contribution < -0.4 is 4.90 Å². The second-order valence-corrected chi connectivity index (χ2v) is 7.97. The number of halogens is 3. The van der Waals surface area contributed by atoms with Crippen LogP contribution in [0.4, 0.5) is 18.9 Å². The zero-order chi connectivity index (χ0) is 20.1. The Labute approximate surface area is 164 Å². The molecule has 0 bridgehead atoms. The molecule has 0 aliphatic carbocycles. The molecule has 3 aromatic rings. The molecular formula is C21H17F3N2OS. The SMILES string of the molecule is CC(=O)N1CCc2cc(-c3nc(-c4cccc(C(F)(F)F)c4)sc3C)ccc21. The van der Waals surface area contributed by atoms with E-state index in [0.717, 1.165) is 45.9 Å². The number of fused-ring (bicyclic) bond motifs is 1. The van der Waals surface area contributed by atoms with Crippen LogP contribution in [0, 0.1) is 6.92 Å². The lowest BCUT2D eigenvalue weighted by molar-refractivity contribution is -0.137. The van der Waals surface area contributed by atoms with Crippen LogP contribution in [0.3, 0.4) is 0 Å². The molecule has 0 saturated heterocycles. The van der Waals surface area contributed by atoms with Crippen molar-refractivity contribution in [2.45, 2.75) is 26.4 Å². The number of anilines is 1. The summed E-state index contributed by atoms with van der Waals surface area (Å²) in [4.78, 5) is 19.0. The molecule has 0 fully saturated rings. The Balaban J connectivity index is 1.71. The summed E-state index contributed by atoms with van der Waals surface area (Å²) in [6.07, 6.45) is -3.60. The molecule has 2 heterocycles. The Morgan fingerprint density at radius 1 is 1.14 bits per heavy atom. The van der Waals surface area contributed by atoms with Crippen LogP contribution in [0.25, 0.3) is 21.8 Å². The van der Waals surface area contributed by atoms with Gasteiger partial charge in [-0.25, -0.2) is 4.98 Å². The third-order valence-electron chi connectivity index (χ3n) is 4.86. The number of aryl methyl sites for hydroxylation is 1. The molecule has 1 aliphatic heterocycles. The van der Waals surface area contributed by atoms with Crippen molar-refractivity contribution in [2.75, 3.05) is 11.4 Å². The fourth-order valence-electron chi connectivity index (χ4n) is 3.49. The van der Waals surface area contributed by atoms with E-state index in [1.165, 1.54) is 17.4 Å². The van der Waals surface area contributed by atoms with Crippen molar-refractivity contribution in [3.63, 3.8) is 0 Å². The first-order valence-electron chi connectivity index (χ1n) is 8.80. The van der Waals surface area contributed by atoms with Crippen molar-refractivity contribution < 1.29 is 18.0 Å².